The molecule has 2 N–H and O–H groups in total. The highest BCUT2D eigenvalue weighted by Crippen LogP contribution is 2.23. The van der Waals surface area contributed by atoms with Crippen LogP contribution in [0.15, 0.2) is 72.3 Å². The van der Waals surface area contributed by atoms with Gasteiger partial charge in [-0.15, -0.1) is 6.58 Å². The summed E-state index contributed by atoms with van der Waals surface area (Å²) in [5.74, 6) is 0. The maximum absolute atomic E-state index is 12.7. The number of sulfonamides is 1. The second-order valence-electron chi connectivity index (χ2n) is 5.84. The first-order chi connectivity index (χ1) is 12.0. The summed E-state index contributed by atoms with van der Waals surface area (Å²) >= 11 is 6.05. The van der Waals surface area contributed by atoms with Crippen LogP contribution in [0.5, 0.6) is 0 Å². The van der Waals surface area contributed by atoms with Crippen molar-refractivity contribution in [1.29, 1.82) is 0 Å². The highest BCUT2D eigenvalue weighted by Gasteiger charge is 2.22. The molecule has 25 heavy (non-hydrogen) atoms. The second kappa shape index (κ2) is 7.44. The Labute approximate surface area is 152 Å². The van der Waals surface area contributed by atoms with E-state index in [0.717, 1.165) is 16.5 Å². The van der Waals surface area contributed by atoms with Crippen molar-refractivity contribution < 1.29 is 8.42 Å². The number of nitrogens with one attached hydrogen (secondary N) is 2. The number of aromatic nitrogens is 1. The first-order valence-electron chi connectivity index (χ1n) is 7.94. The van der Waals surface area contributed by atoms with Gasteiger partial charge < -0.3 is 4.98 Å². The van der Waals surface area contributed by atoms with Gasteiger partial charge in [0.05, 0.1) is 5.02 Å². The van der Waals surface area contributed by atoms with E-state index >= 15 is 0 Å². The van der Waals surface area contributed by atoms with E-state index in [0.29, 0.717) is 12.8 Å². The predicted octanol–water partition coefficient (Wildman–Crippen LogP) is 4.29. The van der Waals surface area contributed by atoms with Crippen LogP contribution in [-0.4, -0.2) is 19.4 Å². The zero-order valence-corrected chi connectivity index (χ0v) is 15.1. The quantitative estimate of drug-likeness (QED) is 0.606. The van der Waals surface area contributed by atoms with E-state index in [2.05, 4.69) is 16.3 Å². The van der Waals surface area contributed by atoms with Crippen LogP contribution in [0.4, 0.5) is 0 Å². The van der Waals surface area contributed by atoms with Gasteiger partial charge in [0.2, 0.25) is 10.0 Å². The van der Waals surface area contributed by atoms with E-state index in [9.17, 15) is 8.42 Å². The summed E-state index contributed by atoms with van der Waals surface area (Å²) in [6, 6.07) is 14.1. The summed E-state index contributed by atoms with van der Waals surface area (Å²) in [6.45, 7) is 3.74. The molecule has 0 aliphatic heterocycles. The maximum Gasteiger partial charge on any atom is 0.242 e. The molecule has 0 saturated carbocycles. The Hall–Kier alpha value is -2.08. The van der Waals surface area contributed by atoms with E-state index < -0.39 is 10.0 Å². The Morgan fingerprint density at radius 3 is 2.64 bits per heavy atom. The number of aromatic amines is 1. The Morgan fingerprint density at radius 2 is 1.88 bits per heavy atom. The lowest BCUT2D eigenvalue weighted by molar-refractivity contribution is 0.547. The number of fused-ring (bicyclic) bond motifs is 1. The molecule has 0 amide bonds. The molecule has 0 radical (unpaired) electrons. The van der Waals surface area contributed by atoms with Gasteiger partial charge >= 0.3 is 0 Å². The van der Waals surface area contributed by atoms with Gasteiger partial charge in [0.1, 0.15) is 4.90 Å². The lowest BCUT2D eigenvalue weighted by atomic mass is 10.0. The minimum atomic E-state index is -3.71. The van der Waals surface area contributed by atoms with Crippen LogP contribution in [0.2, 0.25) is 5.02 Å². The summed E-state index contributed by atoms with van der Waals surface area (Å²) in [7, 11) is -3.71. The van der Waals surface area contributed by atoms with Gasteiger partial charge in [-0.1, -0.05) is 48.0 Å². The Kier molecular flexibility index (Phi) is 5.27. The van der Waals surface area contributed by atoms with Gasteiger partial charge in [0.15, 0.2) is 0 Å². The van der Waals surface area contributed by atoms with Crippen molar-refractivity contribution in [3.63, 3.8) is 0 Å². The molecule has 4 nitrogen and oxygen atoms in total. The van der Waals surface area contributed by atoms with E-state index in [-0.39, 0.29) is 16.0 Å². The Balaban J connectivity index is 1.86. The molecule has 3 rings (SSSR count). The van der Waals surface area contributed by atoms with Crippen molar-refractivity contribution >= 4 is 32.5 Å². The topological polar surface area (TPSA) is 62.0 Å². The van der Waals surface area contributed by atoms with Crippen molar-refractivity contribution in [2.75, 3.05) is 0 Å². The first-order valence-corrected chi connectivity index (χ1v) is 9.80. The molecule has 130 valence electrons. The van der Waals surface area contributed by atoms with Crippen LogP contribution in [-0.2, 0) is 16.4 Å². The van der Waals surface area contributed by atoms with Crippen LogP contribution in [0.3, 0.4) is 0 Å². The van der Waals surface area contributed by atoms with E-state index in [1.807, 2.05) is 30.5 Å². The van der Waals surface area contributed by atoms with Gasteiger partial charge in [-0.3, -0.25) is 0 Å². The second-order valence-corrected chi connectivity index (χ2v) is 7.93. The third-order valence-electron chi connectivity index (χ3n) is 4.04. The predicted molar refractivity (Wildman–Crippen MR) is 102 cm³/mol. The fraction of sp³-hybridized carbons (Fsp3) is 0.158. The monoisotopic (exact) mass is 374 g/mol. The number of hydrogen-bond acceptors (Lipinski definition) is 2. The van der Waals surface area contributed by atoms with Crippen LogP contribution in [0, 0.1) is 0 Å². The molecular weight excluding hydrogens is 356 g/mol. The molecule has 1 heterocycles. The number of benzene rings is 2. The molecule has 1 atom stereocenters. The van der Waals surface area contributed by atoms with Gasteiger partial charge in [-0.25, -0.2) is 13.1 Å². The smallest absolute Gasteiger partial charge is 0.242 e. The van der Waals surface area contributed by atoms with Gasteiger partial charge in [0, 0.05) is 23.1 Å². The Morgan fingerprint density at radius 1 is 1.16 bits per heavy atom. The minimum Gasteiger partial charge on any atom is -0.361 e. The zero-order valence-electron chi connectivity index (χ0n) is 13.6. The largest absolute Gasteiger partial charge is 0.361 e. The van der Waals surface area contributed by atoms with Crippen LogP contribution >= 0.6 is 11.6 Å². The summed E-state index contributed by atoms with van der Waals surface area (Å²) in [5.41, 5.74) is 2.09. The molecule has 3 aromatic rings. The number of para-hydroxylation sites is 1. The van der Waals surface area contributed by atoms with Gasteiger partial charge in [-0.05, 0) is 36.6 Å². The van der Waals surface area contributed by atoms with E-state index in [4.69, 9.17) is 11.6 Å². The van der Waals surface area contributed by atoms with Crippen LogP contribution < -0.4 is 4.72 Å². The third-order valence-corrected chi connectivity index (χ3v) is 6.06. The zero-order chi connectivity index (χ0) is 17.9. The highest BCUT2D eigenvalue weighted by molar-refractivity contribution is 7.89. The van der Waals surface area contributed by atoms with Crippen molar-refractivity contribution in [2.24, 2.45) is 0 Å². The molecule has 0 unspecified atom stereocenters. The Bertz CT molecular complexity index is 995. The highest BCUT2D eigenvalue weighted by atomic mass is 35.5. The molecular formula is C19H19ClN2O2S. The molecule has 6 heteroatoms. The molecule has 1 aromatic heterocycles. The average Bonchev–Trinajstić information content (AvgIpc) is 2.98. The van der Waals surface area contributed by atoms with Crippen molar-refractivity contribution in [3.8, 4) is 0 Å². The molecule has 0 aliphatic rings. The first kappa shape index (κ1) is 17.7. The fourth-order valence-electron chi connectivity index (χ4n) is 2.89. The molecule has 0 fully saturated rings. The van der Waals surface area contributed by atoms with E-state index in [1.165, 1.54) is 6.07 Å². The molecule has 0 saturated heterocycles. The maximum atomic E-state index is 12.7. The van der Waals surface area contributed by atoms with E-state index in [1.54, 1.807) is 24.3 Å². The molecule has 0 aliphatic carbocycles. The minimum absolute atomic E-state index is 0.0876. The normalized spacial score (nSPS) is 13.0. The van der Waals surface area contributed by atoms with Crippen molar-refractivity contribution in [1.82, 2.24) is 9.71 Å². The van der Waals surface area contributed by atoms with Gasteiger partial charge in [0.25, 0.3) is 0 Å². The van der Waals surface area contributed by atoms with Gasteiger partial charge in [-0.2, -0.15) is 0 Å². The molecule has 2 aromatic carbocycles. The summed E-state index contributed by atoms with van der Waals surface area (Å²) in [5, 5.41) is 1.30. The average molecular weight is 375 g/mol. The number of halogens is 1. The van der Waals surface area contributed by atoms with Crippen molar-refractivity contribution in [3.05, 3.63) is 78.0 Å². The molecule has 0 bridgehead atoms. The van der Waals surface area contributed by atoms with Crippen molar-refractivity contribution in [2.45, 2.75) is 23.8 Å². The lowest BCUT2D eigenvalue weighted by Crippen LogP contribution is -2.36. The standard InChI is InChI=1S/C19H19ClN2O2S/c1-2-7-15(12-14-13-21-18-10-5-3-8-16(14)18)22-25(23,24)19-11-6-4-9-17(19)20/h2-6,8-11,13,15,21-22H,1,7,12H2/t15-/m0/s1. The molecule has 0 spiro atoms. The number of hydrogen-bond donors (Lipinski definition) is 2. The summed E-state index contributed by atoms with van der Waals surface area (Å²) in [6.07, 6.45) is 4.71. The lowest BCUT2D eigenvalue weighted by Gasteiger charge is -2.17. The summed E-state index contributed by atoms with van der Waals surface area (Å²) in [4.78, 5) is 3.30. The third kappa shape index (κ3) is 3.95. The summed E-state index contributed by atoms with van der Waals surface area (Å²) < 4.78 is 28.1. The number of H-pyrrole nitrogens is 1. The SMILES string of the molecule is C=CC[C@@H](Cc1c[nH]c2ccccc12)NS(=O)(=O)c1ccccc1Cl. The van der Waals surface area contributed by atoms with Crippen LogP contribution in [0.1, 0.15) is 12.0 Å². The number of rotatable bonds is 7. The van der Waals surface area contributed by atoms with Crippen LogP contribution in [0.25, 0.3) is 10.9 Å². The fourth-order valence-corrected chi connectivity index (χ4v) is 4.65.